The molecule has 0 radical (unpaired) electrons. The summed E-state index contributed by atoms with van der Waals surface area (Å²) >= 11 is 0. The van der Waals surface area contributed by atoms with Gasteiger partial charge in [-0.05, 0) is 45.7 Å². The largest absolute Gasteiger partial charge is 0.347 e. The summed E-state index contributed by atoms with van der Waals surface area (Å²) in [6.45, 7) is 5.64. The lowest BCUT2D eigenvalue weighted by Gasteiger charge is -2.21. The summed E-state index contributed by atoms with van der Waals surface area (Å²) < 4.78 is 0. The standard InChI is InChI=1S/C21H28N4O4/c1-20(2,3)23-17(27)14-8-4-5-9-15(14)22-16(26)10-13-25-18(28)21(24-19(25)29)11-6-7-12-21/h4-5,8-9H,6-7,10-13H2,1-3H3,(H,22,26)(H,23,27)(H,24,29). The number of carbonyl (C=O) groups is 4. The van der Waals surface area contributed by atoms with Gasteiger partial charge in [-0.1, -0.05) is 25.0 Å². The van der Waals surface area contributed by atoms with Crippen molar-refractivity contribution < 1.29 is 19.2 Å². The highest BCUT2D eigenvalue weighted by molar-refractivity contribution is 6.08. The van der Waals surface area contributed by atoms with Crippen molar-refractivity contribution in [2.75, 3.05) is 11.9 Å². The van der Waals surface area contributed by atoms with Crippen LogP contribution in [0.1, 0.15) is 63.2 Å². The first-order valence-electron chi connectivity index (χ1n) is 9.97. The van der Waals surface area contributed by atoms with Crippen LogP contribution in [0, 0.1) is 0 Å². The Balaban J connectivity index is 1.61. The molecule has 1 saturated carbocycles. The molecule has 2 aliphatic rings. The van der Waals surface area contributed by atoms with E-state index in [1.807, 2.05) is 20.8 Å². The van der Waals surface area contributed by atoms with Crippen LogP contribution < -0.4 is 16.0 Å². The van der Waals surface area contributed by atoms with E-state index in [1.54, 1.807) is 24.3 Å². The van der Waals surface area contributed by atoms with Crippen molar-refractivity contribution in [3.05, 3.63) is 29.8 Å². The van der Waals surface area contributed by atoms with Crippen molar-refractivity contribution >= 4 is 29.4 Å². The third kappa shape index (κ3) is 4.58. The van der Waals surface area contributed by atoms with Crippen molar-refractivity contribution in [2.24, 2.45) is 0 Å². The van der Waals surface area contributed by atoms with Gasteiger partial charge >= 0.3 is 6.03 Å². The van der Waals surface area contributed by atoms with Crippen LogP contribution in [0.4, 0.5) is 10.5 Å². The van der Waals surface area contributed by atoms with Crippen molar-refractivity contribution in [1.82, 2.24) is 15.5 Å². The number of para-hydroxylation sites is 1. The number of hydrogen-bond acceptors (Lipinski definition) is 4. The molecule has 1 aromatic carbocycles. The molecule has 1 heterocycles. The molecule has 1 saturated heterocycles. The molecule has 8 nitrogen and oxygen atoms in total. The van der Waals surface area contributed by atoms with Crippen molar-refractivity contribution in [1.29, 1.82) is 0 Å². The number of urea groups is 1. The number of carbonyl (C=O) groups excluding carboxylic acids is 4. The fourth-order valence-corrected chi connectivity index (χ4v) is 3.82. The minimum Gasteiger partial charge on any atom is -0.347 e. The maximum Gasteiger partial charge on any atom is 0.325 e. The number of nitrogens with zero attached hydrogens (tertiary/aromatic N) is 1. The molecule has 3 N–H and O–H groups in total. The van der Waals surface area contributed by atoms with Crippen LogP contribution in [0.15, 0.2) is 24.3 Å². The highest BCUT2D eigenvalue weighted by Crippen LogP contribution is 2.35. The summed E-state index contributed by atoms with van der Waals surface area (Å²) in [7, 11) is 0. The molecule has 156 valence electrons. The predicted molar refractivity (Wildman–Crippen MR) is 108 cm³/mol. The minimum absolute atomic E-state index is 0.00854. The summed E-state index contributed by atoms with van der Waals surface area (Å²) in [5.41, 5.74) is -0.432. The second-order valence-electron chi connectivity index (χ2n) is 8.72. The quantitative estimate of drug-likeness (QED) is 0.660. The Morgan fingerprint density at radius 1 is 1.14 bits per heavy atom. The Kier molecular flexibility index (Phi) is 5.64. The topological polar surface area (TPSA) is 108 Å². The van der Waals surface area contributed by atoms with Gasteiger partial charge in [-0.3, -0.25) is 19.3 Å². The van der Waals surface area contributed by atoms with E-state index < -0.39 is 17.1 Å². The Morgan fingerprint density at radius 3 is 2.45 bits per heavy atom. The average Bonchev–Trinajstić information content (AvgIpc) is 3.18. The van der Waals surface area contributed by atoms with E-state index in [0.717, 1.165) is 17.7 Å². The number of rotatable bonds is 5. The first-order chi connectivity index (χ1) is 13.6. The van der Waals surface area contributed by atoms with Crippen molar-refractivity contribution in [3.63, 3.8) is 0 Å². The number of benzene rings is 1. The van der Waals surface area contributed by atoms with Crippen LogP contribution >= 0.6 is 0 Å². The van der Waals surface area contributed by atoms with Gasteiger partial charge in [0, 0.05) is 18.5 Å². The fraction of sp³-hybridized carbons (Fsp3) is 0.524. The maximum atomic E-state index is 12.6. The summed E-state index contributed by atoms with van der Waals surface area (Å²) in [4.78, 5) is 50.9. The van der Waals surface area contributed by atoms with E-state index in [4.69, 9.17) is 0 Å². The number of amides is 5. The van der Waals surface area contributed by atoms with E-state index >= 15 is 0 Å². The fourth-order valence-electron chi connectivity index (χ4n) is 3.82. The van der Waals surface area contributed by atoms with E-state index in [1.165, 1.54) is 0 Å². The molecular weight excluding hydrogens is 372 g/mol. The van der Waals surface area contributed by atoms with Crippen molar-refractivity contribution in [3.8, 4) is 0 Å². The van der Waals surface area contributed by atoms with Gasteiger partial charge < -0.3 is 16.0 Å². The molecule has 0 unspecified atom stereocenters. The van der Waals surface area contributed by atoms with Gasteiger partial charge in [0.1, 0.15) is 5.54 Å². The summed E-state index contributed by atoms with van der Waals surface area (Å²) in [5, 5.41) is 8.39. The Bertz CT molecular complexity index is 837. The number of nitrogens with one attached hydrogen (secondary N) is 3. The smallest absolute Gasteiger partial charge is 0.325 e. The second kappa shape index (κ2) is 7.85. The molecule has 1 aliphatic carbocycles. The molecule has 0 bridgehead atoms. The summed E-state index contributed by atoms with van der Waals surface area (Å²) in [6, 6.07) is 6.30. The molecule has 5 amide bonds. The van der Waals surface area contributed by atoms with Crippen LogP contribution in [0.5, 0.6) is 0 Å². The highest BCUT2D eigenvalue weighted by atomic mass is 16.2. The van der Waals surface area contributed by atoms with Crippen LogP contribution in [-0.2, 0) is 9.59 Å². The molecule has 2 fully saturated rings. The summed E-state index contributed by atoms with van der Waals surface area (Å²) in [6.07, 6.45) is 3.08. The molecule has 1 spiro atoms. The van der Waals surface area contributed by atoms with Crippen LogP contribution in [0.2, 0.25) is 0 Å². The van der Waals surface area contributed by atoms with Crippen LogP contribution in [0.3, 0.4) is 0 Å². The molecule has 3 rings (SSSR count). The van der Waals surface area contributed by atoms with Gasteiger partial charge in [0.05, 0.1) is 11.3 Å². The van der Waals surface area contributed by atoms with Gasteiger partial charge in [0.2, 0.25) is 5.91 Å². The molecule has 1 aliphatic heterocycles. The SMILES string of the molecule is CC(C)(C)NC(=O)c1ccccc1NC(=O)CCN1C(=O)NC2(CCCC2)C1=O. The lowest BCUT2D eigenvalue weighted by Crippen LogP contribution is -2.44. The van der Waals surface area contributed by atoms with Gasteiger partial charge in [-0.25, -0.2) is 4.79 Å². The van der Waals surface area contributed by atoms with E-state index in [9.17, 15) is 19.2 Å². The molecule has 0 atom stereocenters. The number of hydrogen-bond donors (Lipinski definition) is 3. The molecule has 0 aromatic heterocycles. The van der Waals surface area contributed by atoms with Crippen LogP contribution in [0.25, 0.3) is 0 Å². The zero-order valence-electron chi connectivity index (χ0n) is 17.1. The van der Waals surface area contributed by atoms with Crippen LogP contribution in [-0.4, -0.2) is 46.3 Å². The second-order valence-corrected chi connectivity index (χ2v) is 8.72. The third-order valence-electron chi connectivity index (χ3n) is 5.20. The zero-order chi connectivity index (χ0) is 21.2. The summed E-state index contributed by atoms with van der Waals surface area (Å²) in [5.74, 6) is -0.891. The monoisotopic (exact) mass is 400 g/mol. The zero-order valence-corrected chi connectivity index (χ0v) is 17.1. The number of anilines is 1. The van der Waals surface area contributed by atoms with Gasteiger partial charge in [-0.2, -0.15) is 0 Å². The molecule has 29 heavy (non-hydrogen) atoms. The van der Waals surface area contributed by atoms with Gasteiger partial charge in [-0.15, -0.1) is 0 Å². The van der Waals surface area contributed by atoms with E-state index in [0.29, 0.717) is 24.1 Å². The first-order valence-corrected chi connectivity index (χ1v) is 9.97. The maximum absolute atomic E-state index is 12.6. The normalized spacial score (nSPS) is 18.1. The highest BCUT2D eigenvalue weighted by Gasteiger charge is 2.52. The third-order valence-corrected chi connectivity index (χ3v) is 5.20. The Labute approximate surface area is 170 Å². The number of imide groups is 1. The molecule has 8 heteroatoms. The molecule has 1 aromatic rings. The van der Waals surface area contributed by atoms with Crippen molar-refractivity contribution in [2.45, 2.75) is 64.0 Å². The van der Waals surface area contributed by atoms with Gasteiger partial charge in [0.25, 0.3) is 11.8 Å². The lowest BCUT2D eigenvalue weighted by molar-refractivity contribution is -0.131. The van der Waals surface area contributed by atoms with Gasteiger partial charge in [0.15, 0.2) is 0 Å². The first kappa shape index (κ1) is 20.8. The van der Waals surface area contributed by atoms with E-state index in [2.05, 4.69) is 16.0 Å². The average molecular weight is 400 g/mol. The Morgan fingerprint density at radius 2 is 1.79 bits per heavy atom. The predicted octanol–water partition coefficient (Wildman–Crippen LogP) is 2.41. The minimum atomic E-state index is -0.773. The van der Waals surface area contributed by atoms with E-state index in [-0.39, 0.29) is 30.7 Å². The molecular formula is C21H28N4O4. The lowest BCUT2D eigenvalue weighted by atomic mass is 9.98. The Hall–Kier alpha value is -2.90.